The zero-order chi connectivity index (χ0) is 8.10. The van der Waals surface area contributed by atoms with Crippen molar-refractivity contribution in [3.63, 3.8) is 0 Å². The number of alkyl halides is 2. The third-order valence-electron chi connectivity index (χ3n) is 1.47. The summed E-state index contributed by atoms with van der Waals surface area (Å²) >= 11 is 6.99. The van der Waals surface area contributed by atoms with Crippen LogP contribution < -0.4 is 0 Å². The van der Waals surface area contributed by atoms with Crippen molar-refractivity contribution in [3.05, 3.63) is 35.9 Å². The minimum Gasteiger partial charge on any atom is -0.0916 e. The average molecular weight is 278 g/mol. The maximum atomic E-state index is 3.57. The number of benzene rings is 1. The van der Waals surface area contributed by atoms with Crippen LogP contribution in [0.5, 0.6) is 0 Å². The largest absolute Gasteiger partial charge is 0.0916 e. The SMILES string of the molecule is BrCC(Br)Cc1ccccc1. The Hall–Kier alpha value is 0.180. The van der Waals surface area contributed by atoms with Gasteiger partial charge in [0.05, 0.1) is 0 Å². The van der Waals surface area contributed by atoms with Gasteiger partial charge in [-0.3, -0.25) is 0 Å². The summed E-state index contributed by atoms with van der Waals surface area (Å²) in [5.74, 6) is 0. The Bertz CT molecular complexity index is 196. The van der Waals surface area contributed by atoms with Crippen LogP contribution in [0.4, 0.5) is 0 Å². The van der Waals surface area contributed by atoms with Gasteiger partial charge < -0.3 is 0 Å². The van der Waals surface area contributed by atoms with Gasteiger partial charge in [0.2, 0.25) is 0 Å². The van der Waals surface area contributed by atoms with E-state index in [-0.39, 0.29) is 0 Å². The van der Waals surface area contributed by atoms with Crippen molar-refractivity contribution in [2.24, 2.45) is 0 Å². The molecule has 60 valence electrons. The number of hydrogen-bond donors (Lipinski definition) is 0. The van der Waals surface area contributed by atoms with Gasteiger partial charge >= 0.3 is 0 Å². The van der Waals surface area contributed by atoms with Crippen molar-refractivity contribution in [3.8, 4) is 0 Å². The van der Waals surface area contributed by atoms with Crippen LogP contribution in [0.15, 0.2) is 30.3 Å². The lowest BCUT2D eigenvalue weighted by molar-refractivity contribution is 0.977. The molecular formula is C9H10Br2. The topological polar surface area (TPSA) is 0 Å². The maximum absolute atomic E-state index is 3.57. The molecular weight excluding hydrogens is 268 g/mol. The fraction of sp³-hybridized carbons (Fsp3) is 0.333. The average Bonchev–Trinajstić information content (AvgIpc) is 2.06. The molecule has 0 aliphatic heterocycles. The predicted molar refractivity (Wildman–Crippen MR) is 56.7 cm³/mol. The monoisotopic (exact) mass is 276 g/mol. The van der Waals surface area contributed by atoms with Crippen LogP contribution in [0.2, 0.25) is 0 Å². The van der Waals surface area contributed by atoms with Crippen LogP contribution in [0.3, 0.4) is 0 Å². The molecule has 0 N–H and O–H groups in total. The van der Waals surface area contributed by atoms with Crippen molar-refractivity contribution in [2.45, 2.75) is 11.2 Å². The molecule has 0 aliphatic carbocycles. The molecule has 0 aliphatic rings. The van der Waals surface area contributed by atoms with E-state index in [1.165, 1.54) is 5.56 Å². The fourth-order valence-electron chi connectivity index (χ4n) is 0.924. The highest BCUT2D eigenvalue weighted by Crippen LogP contribution is 2.11. The first-order valence-electron chi connectivity index (χ1n) is 3.57. The summed E-state index contributed by atoms with van der Waals surface area (Å²) in [6.45, 7) is 0. The molecule has 1 unspecified atom stereocenters. The van der Waals surface area contributed by atoms with Gasteiger partial charge in [-0.1, -0.05) is 62.2 Å². The molecule has 11 heavy (non-hydrogen) atoms. The van der Waals surface area contributed by atoms with Gasteiger partial charge in [-0.05, 0) is 12.0 Å². The van der Waals surface area contributed by atoms with Crippen LogP contribution >= 0.6 is 31.9 Å². The van der Waals surface area contributed by atoms with Crippen molar-refractivity contribution in [1.29, 1.82) is 0 Å². The minimum absolute atomic E-state index is 0.546. The van der Waals surface area contributed by atoms with E-state index >= 15 is 0 Å². The van der Waals surface area contributed by atoms with Gasteiger partial charge in [-0.15, -0.1) is 0 Å². The quantitative estimate of drug-likeness (QED) is 0.743. The minimum atomic E-state index is 0.546. The molecule has 1 aromatic carbocycles. The molecule has 0 bridgehead atoms. The van der Waals surface area contributed by atoms with E-state index in [2.05, 4.69) is 56.1 Å². The molecule has 0 heterocycles. The summed E-state index contributed by atoms with van der Waals surface area (Å²) in [6, 6.07) is 10.5. The standard InChI is InChI=1S/C9H10Br2/c10-7-9(11)6-8-4-2-1-3-5-8/h1-5,9H,6-7H2. The van der Waals surface area contributed by atoms with Crippen molar-refractivity contribution < 1.29 is 0 Å². The van der Waals surface area contributed by atoms with E-state index in [1.807, 2.05) is 6.07 Å². The lowest BCUT2D eigenvalue weighted by Gasteiger charge is -2.04. The van der Waals surface area contributed by atoms with Gasteiger partial charge in [0.25, 0.3) is 0 Å². The lowest BCUT2D eigenvalue weighted by Crippen LogP contribution is -2.02. The maximum Gasteiger partial charge on any atom is 0.0283 e. The summed E-state index contributed by atoms with van der Waals surface area (Å²) in [5, 5.41) is 1.00. The van der Waals surface area contributed by atoms with Crippen LogP contribution in [-0.4, -0.2) is 10.2 Å². The Morgan fingerprint density at radius 3 is 2.36 bits per heavy atom. The molecule has 0 nitrogen and oxygen atoms in total. The zero-order valence-electron chi connectivity index (χ0n) is 6.13. The van der Waals surface area contributed by atoms with Crippen LogP contribution in [0, 0.1) is 0 Å². The molecule has 0 spiro atoms. The highest BCUT2D eigenvalue weighted by Gasteiger charge is 2.01. The molecule has 1 atom stereocenters. The fourth-order valence-corrected chi connectivity index (χ4v) is 1.53. The molecule has 0 radical (unpaired) electrons. The van der Waals surface area contributed by atoms with Crippen LogP contribution in [-0.2, 0) is 6.42 Å². The van der Waals surface area contributed by atoms with Crippen molar-refractivity contribution in [2.75, 3.05) is 5.33 Å². The molecule has 0 amide bonds. The van der Waals surface area contributed by atoms with E-state index in [1.54, 1.807) is 0 Å². The molecule has 2 heteroatoms. The van der Waals surface area contributed by atoms with Gasteiger partial charge in [0.1, 0.15) is 0 Å². The summed E-state index contributed by atoms with van der Waals surface area (Å²) in [5.41, 5.74) is 1.38. The zero-order valence-corrected chi connectivity index (χ0v) is 9.31. The first-order valence-corrected chi connectivity index (χ1v) is 5.60. The predicted octanol–water partition coefficient (Wildman–Crippen LogP) is 3.39. The van der Waals surface area contributed by atoms with Crippen molar-refractivity contribution >= 4 is 31.9 Å². The second kappa shape index (κ2) is 4.94. The van der Waals surface area contributed by atoms with Gasteiger partial charge in [0.15, 0.2) is 0 Å². The van der Waals surface area contributed by atoms with Gasteiger partial charge in [0, 0.05) is 10.2 Å². The number of hydrogen-bond acceptors (Lipinski definition) is 0. The Morgan fingerprint density at radius 1 is 1.18 bits per heavy atom. The first-order chi connectivity index (χ1) is 5.33. The summed E-state index contributed by atoms with van der Waals surface area (Å²) < 4.78 is 0. The Kier molecular flexibility index (Phi) is 4.16. The van der Waals surface area contributed by atoms with E-state index < -0.39 is 0 Å². The first kappa shape index (κ1) is 9.27. The summed E-state index contributed by atoms with van der Waals surface area (Å²) in [7, 11) is 0. The second-order valence-electron chi connectivity index (χ2n) is 2.44. The second-order valence-corrected chi connectivity index (χ2v) is 4.38. The molecule has 0 saturated carbocycles. The normalized spacial score (nSPS) is 12.9. The molecule has 0 aromatic heterocycles. The highest BCUT2D eigenvalue weighted by molar-refractivity contribution is 9.12. The molecule has 0 fully saturated rings. The van der Waals surface area contributed by atoms with E-state index in [4.69, 9.17) is 0 Å². The Morgan fingerprint density at radius 2 is 1.82 bits per heavy atom. The van der Waals surface area contributed by atoms with Crippen LogP contribution in [0.25, 0.3) is 0 Å². The van der Waals surface area contributed by atoms with Gasteiger partial charge in [-0.2, -0.15) is 0 Å². The van der Waals surface area contributed by atoms with E-state index in [0.29, 0.717) is 4.83 Å². The Labute approximate surface area is 84.3 Å². The smallest absolute Gasteiger partial charge is 0.0283 e. The van der Waals surface area contributed by atoms with Crippen molar-refractivity contribution in [1.82, 2.24) is 0 Å². The summed E-state index contributed by atoms with van der Waals surface area (Å²) in [6.07, 6.45) is 1.09. The molecule has 1 aromatic rings. The van der Waals surface area contributed by atoms with Crippen LogP contribution in [0.1, 0.15) is 5.56 Å². The lowest BCUT2D eigenvalue weighted by atomic mass is 10.1. The number of halogens is 2. The van der Waals surface area contributed by atoms with E-state index in [9.17, 15) is 0 Å². The molecule has 1 rings (SSSR count). The highest BCUT2D eigenvalue weighted by atomic mass is 79.9. The molecule has 0 saturated heterocycles. The summed E-state index contributed by atoms with van der Waals surface area (Å²) in [4.78, 5) is 0.546. The third kappa shape index (κ3) is 3.39. The Balaban J connectivity index is 2.51. The van der Waals surface area contributed by atoms with Gasteiger partial charge in [-0.25, -0.2) is 0 Å². The number of rotatable bonds is 3. The van der Waals surface area contributed by atoms with E-state index in [0.717, 1.165) is 11.8 Å². The third-order valence-corrected chi connectivity index (χ3v) is 3.77.